The third-order valence-electron chi connectivity index (χ3n) is 3.51. The second-order valence-electron chi connectivity index (χ2n) is 4.80. The highest BCUT2D eigenvalue weighted by molar-refractivity contribution is 5.31. The first-order valence-electron chi connectivity index (χ1n) is 6.57. The Morgan fingerprint density at radius 3 is 3.16 bits per heavy atom. The molecule has 0 fully saturated rings. The van der Waals surface area contributed by atoms with E-state index in [0.29, 0.717) is 6.54 Å². The molecule has 1 aliphatic heterocycles. The minimum Gasteiger partial charge on any atom is -0.372 e. The lowest BCUT2D eigenvalue weighted by atomic mass is 9.97. The highest BCUT2D eigenvalue weighted by atomic mass is 16.5. The van der Waals surface area contributed by atoms with E-state index in [1.165, 1.54) is 11.1 Å². The average molecular weight is 258 g/mol. The summed E-state index contributed by atoms with van der Waals surface area (Å²) in [4.78, 5) is 0. The lowest BCUT2D eigenvalue weighted by molar-refractivity contribution is 0.0422. The van der Waals surface area contributed by atoms with Gasteiger partial charge in [-0.1, -0.05) is 24.3 Å². The van der Waals surface area contributed by atoms with Crippen molar-refractivity contribution in [1.82, 2.24) is 20.1 Å². The highest BCUT2D eigenvalue weighted by Crippen LogP contribution is 2.26. The molecule has 1 atom stereocenters. The molecule has 0 saturated carbocycles. The van der Waals surface area contributed by atoms with E-state index in [2.05, 4.69) is 39.8 Å². The van der Waals surface area contributed by atoms with E-state index in [1.54, 1.807) is 6.33 Å². The van der Waals surface area contributed by atoms with E-state index >= 15 is 0 Å². The average Bonchev–Trinajstić information content (AvgIpc) is 2.85. The number of nitrogens with zero attached hydrogens (tertiary/aromatic N) is 3. The second-order valence-corrected chi connectivity index (χ2v) is 4.80. The Balaban J connectivity index is 1.61. The number of aryl methyl sites for hydroxylation is 1. The number of aromatic nitrogens is 3. The Morgan fingerprint density at radius 2 is 2.32 bits per heavy atom. The number of ether oxygens (including phenoxy) is 1. The van der Waals surface area contributed by atoms with Gasteiger partial charge in [0.2, 0.25) is 0 Å². The van der Waals surface area contributed by atoms with Gasteiger partial charge < -0.3 is 14.6 Å². The lowest BCUT2D eigenvalue weighted by Crippen LogP contribution is -2.28. The highest BCUT2D eigenvalue weighted by Gasteiger charge is 2.19. The van der Waals surface area contributed by atoms with Crippen LogP contribution in [0.15, 0.2) is 30.6 Å². The van der Waals surface area contributed by atoms with Crippen molar-refractivity contribution < 1.29 is 4.74 Å². The van der Waals surface area contributed by atoms with Crippen LogP contribution in [0.5, 0.6) is 0 Å². The summed E-state index contributed by atoms with van der Waals surface area (Å²) in [5.74, 6) is 0.934. The van der Waals surface area contributed by atoms with Gasteiger partial charge in [-0.25, -0.2) is 0 Å². The van der Waals surface area contributed by atoms with Gasteiger partial charge in [0, 0.05) is 13.6 Å². The van der Waals surface area contributed by atoms with Gasteiger partial charge >= 0.3 is 0 Å². The van der Waals surface area contributed by atoms with Crippen LogP contribution in [0.1, 0.15) is 23.1 Å². The van der Waals surface area contributed by atoms with Crippen molar-refractivity contribution in [2.24, 2.45) is 7.05 Å². The van der Waals surface area contributed by atoms with Crippen LogP contribution in [0.2, 0.25) is 0 Å². The van der Waals surface area contributed by atoms with Gasteiger partial charge in [0.05, 0.1) is 19.3 Å². The first-order chi connectivity index (χ1) is 9.34. The summed E-state index contributed by atoms with van der Waals surface area (Å²) < 4.78 is 7.77. The van der Waals surface area contributed by atoms with Gasteiger partial charge in [0.25, 0.3) is 0 Å². The largest absolute Gasteiger partial charge is 0.372 e. The van der Waals surface area contributed by atoms with Crippen LogP contribution in [0.3, 0.4) is 0 Å². The van der Waals surface area contributed by atoms with E-state index in [1.807, 2.05) is 11.6 Å². The molecule has 0 aliphatic carbocycles. The molecule has 0 saturated heterocycles. The molecular formula is C14H18N4O. The van der Waals surface area contributed by atoms with Crippen LogP contribution in [0.25, 0.3) is 0 Å². The molecule has 2 heterocycles. The van der Waals surface area contributed by atoms with Crippen molar-refractivity contribution in [3.05, 3.63) is 47.5 Å². The van der Waals surface area contributed by atoms with Gasteiger partial charge in [-0.05, 0) is 17.5 Å². The van der Waals surface area contributed by atoms with Crippen molar-refractivity contribution in [2.75, 3.05) is 13.2 Å². The van der Waals surface area contributed by atoms with Gasteiger partial charge in [0.1, 0.15) is 12.2 Å². The molecule has 100 valence electrons. The SMILES string of the molecule is Cn1cnnc1CNCC1OCCc2ccccc21. The molecule has 5 nitrogen and oxygen atoms in total. The van der Waals surface area contributed by atoms with Crippen molar-refractivity contribution >= 4 is 0 Å². The van der Waals surface area contributed by atoms with Gasteiger partial charge in [-0.15, -0.1) is 10.2 Å². The zero-order chi connectivity index (χ0) is 13.1. The Kier molecular flexibility index (Phi) is 3.57. The zero-order valence-corrected chi connectivity index (χ0v) is 11.0. The van der Waals surface area contributed by atoms with Crippen molar-refractivity contribution in [3.8, 4) is 0 Å². The quantitative estimate of drug-likeness (QED) is 0.896. The minimum atomic E-state index is 0.137. The summed E-state index contributed by atoms with van der Waals surface area (Å²) in [6.07, 6.45) is 2.86. The number of fused-ring (bicyclic) bond motifs is 1. The first-order valence-corrected chi connectivity index (χ1v) is 6.57. The van der Waals surface area contributed by atoms with Crippen LogP contribution in [-0.2, 0) is 24.8 Å². The van der Waals surface area contributed by atoms with Gasteiger partial charge in [-0.3, -0.25) is 0 Å². The maximum Gasteiger partial charge on any atom is 0.146 e. The summed E-state index contributed by atoms with van der Waals surface area (Å²) in [6, 6.07) is 8.51. The van der Waals surface area contributed by atoms with Crippen molar-refractivity contribution in [3.63, 3.8) is 0 Å². The number of nitrogens with one attached hydrogen (secondary N) is 1. The summed E-state index contributed by atoms with van der Waals surface area (Å²) >= 11 is 0. The van der Waals surface area contributed by atoms with Crippen molar-refractivity contribution in [1.29, 1.82) is 0 Å². The molecule has 0 radical (unpaired) electrons. The lowest BCUT2D eigenvalue weighted by Gasteiger charge is -2.26. The van der Waals surface area contributed by atoms with E-state index < -0.39 is 0 Å². The molecule has 2 aromatic rings. The van der Waals surface area contributed by atoms with Crippen LogP contribution >= 0.6 is 0 Å². The fourth-order valence-corrected chi connectivity index (χ4v) is 2.43. The standard InChI is InChI=1S/C14H18N4O/c1-18-10-16-17-14(18)9-15-8-13-12-5-3-2-4-11(12)6-7-19-13/h2-5,10,13,15H,6-9H2,1H3. The van der Waals surface area contributed by atoms with Crippen LogP contribution < -0.4 is 5.32 Å². The predicted octanol–water partition coefficient (Wildman–Crippen LogP) is 1.22. The Morgan fingerprint density at radius 1 is 1.42 bits per heavy atom. The minimum absolute atomic E-state index is 0.137. The molecule has 0 bridgehead atoms. The van der Waals surface area contributed by atoms with Crippen LogP contribution in [0.4, 0.5) is 0 Å². The fraction of sp³-hybridized carbons (Fsp3) is 0.429. The number of hydrogen-bond donors (Lipinski definition) is 1. The van der Waals surface area contributed by atoms with E-state index in [9.17, 15) is 0 Å². The molecule has 1 N–H and O–H groups in total. The molecule has 1 aromatic heterocycles. The molecule has 1 unspecified atom stereocenters. The van der Waals surface area contributed by atoms with E-state index in [0.717, 1.165) is 25.4 Å². The van der Waals surface area contributed by atoms with E-state index in [4.69, 9.17) is 4.74 Å². The Labute approximate surface area is 112 Å². The third-order valence-corrected chi connectivity index (χ3v) is 3.51. The molecule has 3 rings (SSSR count). The Bertz CT molecular complexity index is 552. The number of hydrogen-bond acceptors (Lipinski definition) is 4. The number of benzene rings is 1. The molecule has 1 aliphatic rings. The van der Waals surface area contributed by atoms with Crippen molar-refractivity contribution in [2.45, 2.75) is 19.1 Å². The molecule has 1 aromatic carbocycles. The molecule has 0 amide bonds. The maximum absolute atomic E-state index is 5.85. The molecule has 0 spiro atoms. The predicted molar refractivity (Wildman–Crippen MR) is 71.5 cm³/mol. The smallest absolute Gasteiger partial charge is 0.146 e. The summed E-state index contributed by atoms with van der Waals surface area (Å²) in [7, 11) is 1.95. The molecule has 19 heavy (non-hydrogen) atoms. The Hall–Kier alpha value is -1.72. The van der Waals surface area contributed by atoms with Gasteiger partial charge in [0.15, 0.2) is 0 Å². The zero-order valence-electron chi connectivity index (χ0n) is 11.0. The number of rotatable bonds is 4. The third kappa shape index (κ3) is 2.67. The maximum atomic E-state index is 5.85. The van der Waals surface area contributed by atoms with E-state index in [-0.39, 0.29) is 6.10 Å². The fourth-order valence-electron chi connectivity index (χ4n) is 2.43. The van der Waals surface area contributed by atoms with Crippen LogP contribution in [0, 0.1) is 0 Å². The molecular weight excluding hydrogens is 240 g/mol. The monoisotopic (exact) mass is 258 g/mol. The topological polar surface area (TPSA) is 52.0 Å². The second kappa shape index (κ2) is 5.50. The summed E-state index contributed by atoms with van der Waals surface area (Å²) in [6.45, 7) is 2.30. The van der Waals surface area contributed by atoms with Crippen LogP contribution in [-0.4, -0.2) is 27.9 Å². The summed E-state index contributed by atoms with van der Waals surface area (Å²) in [5.41, 5.74) is 2.71. The normalized spacial score (nSPS) is 18.3. The summed E-state index contributed by atoms with van der Waals surface area (Å²) in [5, 5.41) is 11.3. The first kappa shape index (κ1) is 12.3. The van der Waals surface area contributed by atoms with Gasteiger partial charge in [-0.2, -0.15) is 0 Å². The molecule has 5 heteroatoms.